The minimum atomic E-state index is -0.259. The second-order valence-electron chi connectivity index (χ2n) is 9.11. The molecule has 3 aromatic rings. The molecule has 0 saturated carbocycles. The summed E-state index contributed by atoms with van der Waals surface area (Å²) >= 11 is 1.65. The standard InChI is InChI=1S/C26H28N2O3S/c1-26(2)15-19-11-8-13-21(24(19)31-26)30-17-23(29)28(16-18-9-4-3-5-10-18)25-27-20-12-6-7-14-22(20)32-25/h3-5,8-11,13H,6-7,12,14-17H2,1-2H3. The van der Waals surface area contributed by atoms with Gasteiger partial charge in [0, 0.05) is 16.9 Å². The van der Waals surface area contributed by atoms with E-state index in [2.05, 4.69) is 19.9 Å². The van der Waals surface area contributed by atoms with Gasteiger partial charge in [-0.25, -0.2) is 4.98 Å². The Morgan fingerprint density at radius 2 is 1.94 bits per heavy atom. The SMILES string of the molecule is CC1(C)Cc2cccc(OCC(=O)N(Cc3ccccc3)c3nc4c(s3)CCCC4)c2O1. The van der Waals surface area contributed by atoms with Crippen molar-refractivity contribution < 1.29 is 14.3 Å². The summed E-state index contributed by atoms with van der Waals surface area (Å²) in [6.45, 7) is 4.55. The number of amides is 1. The normalized spacial score (nSPS) is 16.1. The van der Waals surface area contributed by atoms with Crippen molar-refractivity contribution in [2.45, 2.75) is 58.1 Å². The van der Waals surface area contributed by atoms with Crippen LogP contribution < -0.4 is 14.4 Å². The van der Waals surface area contributed by atoms with E-state index in [0.29, 0.717) is 12.3 Å². The first-order valence-corrected chi connectivity index (χ1v) is 12.1. The lowest BCUT2D eigenvalue weighted by Gasteiger charge is -2.21. The van der Waals surface area contributed by atoms with Crippen molar-refractivity contribution in [2.75, 3.05) is 11.5 Å². The highest BCUT2D eigenvalue weighted by atomic mass is 32.1. The zero-order valence-electron chi connectivity index (χ0n) is 18.6. The van der Waals surface area contributed by atoms with Gasteiger partial charge in [0.2, 0.25) is 0 Å². The van der Waals surface area contributed by atoms with Crippen molar-refractivity contribution in [3.8, 4) is 11.5 Å². The molecule has 1 aromatic heterocycles. The quantitative estimate of drug-likeness (QED) is 0.510. The first-order chi connectivity index (χ1) is 15.5. The number of carbonyl (C=O) groups is 1. The molecule has 0 saturated heterocycles. The maximum Gasteiger partial charge on any atom is 0.267 e. The van der Waals surface area contributed by atoms with E-state index in [9.17, 15) is 4.79 Å². The summed E-state index contributed by atoms with van der Waals surface area (Å²) < 4.78 is 12.1. The van der Waals surface area contributed by atoms with Gasteiger partial charge >= 0.3 is 0 Å². The van der Waals surface area contributed by atoms with E-state index < -0.39 is 0 Å². The molecule has 2 aliphatic rings. The van der Waals surface area contributed by atoms with Gasteiger partial charge in [-0.2, -0.15) is 0 Å². The molecule has 0 bridgehead atoms. The molecule has 5 rings (SSSR count). The number of para-hydroxylation sites is 1. The third kappa shape index (κ3) is 4.37. The van der Waals surface area contributed by atoms with E-state index in [1.807, 2.05) is 42.5 Å². The minimum Gasteiger partial charge on any atom is -0.483 e. The summed E-state index contributed by atoms with van der Waals surface area (Å²) in [7, 11) is 0. The molecule has 2 heterocycles. The van der Waals surface area contributed by atoms with Crippen LogP contribution in [0.15, 0.2) is 48.5 Å². The first-order valence-electron chi connectivity index (χ1n) is 11.3. The number of benzene rings is 2. The number of fused-ring (bicyclic) bond motifs is 2. The summed E-state index contributed by atoms with van der Waals surface area (Å²) in [4.78, 5) is 21.3. The van der Waals surface area contributed by atoms with Gasteiger partial charge in [0.1, 0.15) is 5.60 Å². The van der Waals surface area contributed by atoms with Crippen molar-refractivity contribution in [1.82, 2.24) is 4.98 Å². The molecule has 1 aliphatic heterocycles. The number of aryl methyl sites for hydroxylation is 2. The van der Waals surface area contributed by atoms with Crippen molar-refractivity contribution in [2.24, 2.45) is 0 Å². The van der Waals surface area contributed by atoms with Crippen molar-refractivity contribution in [3.63, 3.8) is 0 Å². The number of anilines is 1. The molecule has 0 unspecified atom stereocenters. The highest BCUT2D eigenvalue weighted by Crippen LogP contribution is 2.42. The summed E-state index contributed by atoms with van der Waals surface area (Å²) in [6, 6.07) is 15.9. The lowest BCUT2D eigenvalue weighted by molar-refractivity contribution is -0.120. The number of aromatic nitrogens is 1. The fraction of sp³-hybridized carbons (Fsp3) is 0.385. The van der Waals surface area contributed by atoms with Crippen LogP contribution in [-0.2, 0) is 30.6 Å². The predicted octanol–water partition coefficient (Wildman–Crippen LogP) is 5.35. The van der Waals surface area contributed by atoms with E-state index in [1.165, 1.54) is 17.7 Å². The van der Waals surface area contributed by atoms with Gasteiger partial charge in [-0.15, -0.1) is 11.3 Å². The molecule has 32 heavy (non-hydrogen) atoms. The van der Waals surface area contributed by atoms with E-state index >= 15 is 0 Å². The molecule has 0 radical (unpaired) electrons. The lowest BCUT2D eigenvalue weighted by atomic mass is 10.0. The van der Waals surface area contributed by atoms with Crippen LogP contribution in [0.3, 0.4) is 0 Å². The average molecular weight is 449 g/mol. The smallest absolute Gasteiger partial charge is 0.267 e. The van der Waals surface area contributed by atoms with Crippen LogP contribution in [0.2, 0.25) is 0 Å². The number of hydrogen-bond acceptors (Lipinski definition) is 5. The number of hydrogen-bond donors (Lipinski definition) is 0. The van der Waals surface area contributed by atoms with Gasteiger partial charge in [-0.1, -0.05) is 42.5 Å². The van der Waals surface area contributed by atoms with Gasteiger partial charge < -0.3 is 9.47 Å². The lowest BCUT2D eigenvalue weighted by Crippen LogP contribution is -2.34. The second kappa shape index (κ2) is 8.58. The average Bonchev–Trinajstić information content (AvgIpc) is 3.35. The van der Waals surface area contributed by atoms with E-state index in [4.69, 9.17) is 14.5 Å². The second-order valence-corrected chi connectivity index (χ2v) is 10.2. The highest BCUT2D eigenvalue weighted by Gasteiger charge is 2.32. The Hall–Kier alpha value is -2.86. The fourth-order valence-corrected chi connectivity index (χ4v) is 5.57. The Bertz CT molecular complexity index is 1100. The molecule has 1 aliphatic carbocycles. The van der Waals surface area contributed by atoms with Crippen LogP contribution in [0.1, 0.15) is 48.4 Å². The Morgan fingerprint density at radius 3 is 2.75 bits per heavy atom. The summed E-state index contributed by atoms with van der Waals surface area (Å²) in [5.74, 6) is 1.28. The number of nitrogens with zero attached hydrogens (tertiary/aromatic N) is 2. The summed E-state index contributed by atoms with van der Waals surface area (Å²) in [5, 5.41) is 0.769. The molecule has 0 atom stereocenters. The first kappa shape index (κ1) is 21.0. The van der Waals surface area contributed by atoms with Gasteiger partial charge in [-0.3, -0.25) is 9.69 Å². The Labute approximate surface area is 193 Å². The summed E-state index contributed by atoms with van der Waals surface area (Å²) in [5.41, 5.74) is 3.08. The van der Waals surface area contributed by atoms with Crippen molar-refractivity contribution in [1.29, 1.82) is 0 Å². The molecular weight excluding hydrogens is 420 g/mol. The van der Waals surface area contributed by atoms with Crippen LogP contribution in [0.25, 0.3) is 0 Å². The number of thiazole rings is 1. The van der Waals surface area contributed by atoms with Crippen LogP contribution in [-0.4, -0.2) is 23.1 Å². The zero-order valence-corrected chi connectivity index (χ0v) is 19.4. The molecule has 0 fully saturated rings. The van der Waals surface area contributed by atoms with Gasteiger partial charge in [0.05, 0.1) is 12.2 Å². The van der Waals surface area contributed by atoms with Gasteiger partial charge in [0.25, 0.3) is 5.91 Å². The molecule has 1 amide bonds. The number of ether oxygens (including phenoxy) is 2. The number of rotatable bonds is 6. The topological polar surface area (TPSA) is 51.7 Å². The molecule has 0 N–H and O–H groups in total. The van der Waals surface area contributed by atoms with Crippen molar-refractivity contribution in [3.05, 3.63) is 70.2 Å². The molecule has 2 aromatic carbocycles. The monoisotopic (exact) mass is 448 g/mol. The predicted molar refractivity (Wildman–Crippen MR) is 127 cm³/mol. The molecular formula is C26H28N2O3S. The van der Waals surface area contributed by atoms with E-state index in [-0.39, 0.29) is 18.1 Å². The van der Waals surface area contributed by atoms with E-state index in [1.54, 1.807) is 16.2 Å². The van der Waals surface area contributed by atoms with Gasteiger partial charge in [0.15, 0.2) is 23.2 Å². The maximum atomic E-state index is 13.4. The number of carbonyl (C=O) groups excluding carboxylic acids is 1. The highest BCUT2D eigenvalue weighted by molar-refractivity contribution is 7.15. The van der Waals surface area contributed by atoms with Crippen LogP contribution >= 0.6 is 11.3 Å². The molecule has 166 valence electrons. The van der Waals surface area contributed by atoms with Gasteiger partial charge in [-0.05, 0) is 51.2 Å². The largest absolute Gasteiger partial charge is 0.483 e. The van der Waals surface area contributed by atoms with Crippen LogP contribution in [0.4, 0.5) is 5.13 Å². The fourth-order valence-electron chi connectivity index (χ4n) is 4.40. The van der Waals surface area contributed by atoms with Crippen molar-refractivity contribution >= 4 is 22.4 Å². The Kier molecular flexibility index (Phi) is 5.64. The molecule has 0 spiro atoms. The molecule has 6 heteroatoms. The minimum absolute atomic E-state index is 0.0582. The molecule has 5 nitrogen and oxygen atoms in total. The third-order valence-electron chi connectivity index (χ3n) is 5.96. The maximum absolute atomic E-state index is 13.4. The Balaban J connectivity index is 1.37. The third-order valence-corrected chi connectivity index (χ3v) is 7.14. The Morgan fingerprint density at radius 1 is 1.12 bits per heavy atom. The van der Waals surface area contributed by atoms with Crippen LogP contribution in [0, 0.1) is 0 Å². The summed E-state index contributed by atoms with van der Waals surface area (Å²) in [6.07, 6.45) is 5.25. The van der Waals surface area contributed by atoms with E-state index in [0.717, 1.165) is 47.0 Å². The zero-order chi connectivity index (χ0) is 22.1. The van der Waals surface area contributed by atoms with Crippen LogP contribution in [0.5, 0.6) is 11.5 Å².